The number of nitrogens with zero attached hydrogens (tertiary/aromatic N) is 2. The molecule has 1 amide bonds. The fraction of sp³-hybridized carbons (Fsp3) is 0.360. The second kappa shape index (κ2) is 8.12. The van der Waals surface area contributed by atoms with E-state index in [1.54, 1.807) is 11.3 Å². The van der Waals surface area contributed by atoms with Crippen molar-refractivity contribution in [1.29, 1.82) is 0 Å². The highest BCUT2D eigenvalue weighted by Crippen LogP contribution is 2.40. The molecule has 0 bridgehead atoms. The summed E-state index contributed by atoms with van der Waals surface area (Å²) in [6, 6.07) is 14.5. The first-order chi connectivity index (χ1) is 14.4. The molecule has 1 aliphatic heterocycles. The van der Waals surface area contributed by atoms with E-state index in [9.17, 15) is 4.79 Å². The summed E-state index contributed by atoms with van der Waals surface area (Å²) >= 11 is 1.59. The molecule has 1 fully saturated rings. The number of carbonyl (C=O) groups is 1. The highest BCUT2D eigenvalue weighted by Gasteiger charge is 2.35. The van der Waals surface area contributed by atoms with Crippen LogP contribution in [0.25, 0.3) is 22.0 Å². The molecule has 0 saturated carbocycles. The van der Waals surface area contributed by atoms with E-state index < -0.39 is 5.60 Å². The summed E-state index contributed by atoms with van der Waals surface area (Å²) in [7, 11) is 0. The molecular formula is C25H26N2O2S. The van der Waals surface area contributed by atoms with Gasteiger partial charge in [-0.2, -0.15) is 0 Å². The number of likely N-dealkylation sites (tertiary alicyclic amines) is 1. The van der Waals surface area contributed by atoms with Crippen LogP contribution in [0.4, 0.5) is 4.79 Å². The van der Waals surface area contributed by atoms with Gasteiger partial charge in [0.25, 0.3) is 0 Å². The summed E-state index contributed by atoms with van der Waals surface area (Å²) in [4.78, 5) is 20.6. The standard InChI is InChI=1S/C25H26N2O2S/c1-5-10-21-22(19-14-8-12-17-11-6-7-13-18(17)19)26-23(30-21)20-15-9-16-27(20)24(28)29-25(2,3)4/h6-8,11-14,20H,9,15-16H2,1-4H3. The van der Waals surface area contributed by atoms with E-state index >= 15 is 0 Å². The van der Waals surface area contributed by atoms with E-state index in [1.807, 2.05) is 44.7 Å². The van der Waals surface area contributed by atoms with Crippen LogP contribution in [0, 0.1) is 11.8 Å². The van der Waals surface area contributed by atoms with Crippen LogP contribution < -0.4 is 0 Å². The smallest absolute Gasteiger partial charge is 0.410 e. The summed E-state index contributed by atoms with van der Waals surface area (Å²) in [6.07, 6.45) is 1.57. The molecule has 5 heteroatoms. The minimum Gasteiger partial charge on any atom is -0.444 e. The van der Waals surface area contributed by atoms with Crippen molar-refractivity contribution in [2.24, 2.45) is 0 Å². The van der Waals surface area contributed by atoms with Gasteiger partial charge in [0.2, 0.25) is 0 Å². The predicted molar refractivity (Wildman–Crippen MR) is 123 cm³/mol. The number of hydrogen-bond acceptors (Lipinski definition) is 4. The summed E-state index contributed by atoms with van der Waals surface area (Å²) in [5.74, 6) is 6.26. The quantitative estimate of drug-likeness (QED) is 0.452. The van der Waals surface area contributed by atoms with E-state index in [2.05, 4.69) is 42.2 Å². The van der Waals surface area contributed by atoms with Crippen LogP contribution in [-0.4, -0.2) is 28.1 Å². The monoisotopic (exact) mass is 418 g/mol. The summed E-state index contributed by atoms with van der Waals surface area (Å²) < 4.78 is 5.64. The normalized spacial score (nSPS) is 16.4. The van der Waals surface area contributed by atoms with Gasteiger partial charge in [-0.1, -0.05) is 48.4 Å². The fourth-order valence-corrected chi connectivity index (χ4v) is 4.99. The molecule has 1 aliphatic rings. The number of ether oxygens (including phenoxy) is 1. The number of benzene rings is 2. The zero-order chi connectivity index (χ0) is 21.3. The lowest BCUT2D eigenvalue weighted by Gasteiger charge is -2.27. The first-order valence-electron chi connectivity index (χ1n) is 10.3. The van der Waals surface area contributed by atoms with Gasteiger partial charge in [0, 0.05) is 12.1 Å². The van der Waals surface area contributed by atoms with Crippen LogP contribution in [0.2, 0.25) is 0 Å². The maximum absolute atomic E-state index is 12.8. The van der Waals surface area contributed by atoms with Gasteiger partial charge in [0.05, 0.1) is 11.7 Å². The van der Waals surface area contributed by atoms with Crippen LogP contribution in [0.5, 0.6) is 0 Å². The topological polar surface area (TPSA) is 42.4 Å². The number of fused-ring (bicyclic) bond motifs is 1. The van der Waals surface area contributed by atoms with Crippen molar-refractivity contribution in [3.63, 3.8) is 0 Å². The van der Waals surface area contributed by atoms with Gasteiger partial charge in [-0.3, -0.25) is 4.90 Å². The highest BCUT2D eigenvalue weighted by atomic mass is 32.1. The first-order valence-corrected chi connectivity index (χ1v) is 11.1. The lowest BCUT2D eigenvalue weighted by Crippen LogP contribution is -2.36. The summed E-state index contributed by atoms with van der Waals surface area (Å²) in [5.41, 5.74) is 1.47. The Bertz CT molecular complexity index is 1140. The van der Waals surface area contributed by atoms with Crippen LogP contribution in [0.1, 0.15) is 56.5 Å². The summed E-state index contributed by atoms with van der Waals surface area (Å²) in [5, 5.41) is 3.27. The molecule has 4 nitrogen and oxygen atoms in total. The van der Waals surface area contributed by atoms with E-state index in [1.165, 1.54) is 5.39 Å². The fourth-order valence-electron chi connectivity index (χ4n) is 3.85. The van der Waals surface area contributed by atoms with E-state index in [0.29, 0.717) is 6.54 Å². The molecule has 2 aromatic carbocycles. The molecule has 3 aromatic rings. The number of aromatic nitrogens is 1. The number of amides is 1. The first kappa shape index (κ1) is 20.4. The van der Waals surface area contributed by atoms with Crippen molar-refractivity contribution in [3.8, 4) is 23.1 Å². The van der Waals surface area contributed by atoms with E-state index in [0.717, 1.165) is 39.4 Å². The maximum Gasteiger partial charge on any atom is 0.410 e. The van der Waals surface area contributed by atoms with Crippen molar-refractivity contribution in [3.05, 3.63) is 52.3 Å². The number of hydrogen-bond donors (Lipinski definition) is 0. The van der Waals surface area contributed by atoms with Crippen molar-refractivity contribution in [2.75, 3.05) is 6.54 Å². The molecular weight excluding hydrogens is 392 g/mol. The minimum atomic E-state index is -0.514. The number of rotatable bonds is 2. The summed E-state index contributed by atoms with van der Waals surface area (Å²) in [6.45, 7) is 8.22. The van der Waals surface area contributed by atoms with Gasteiger partial charge in [0.15, 0.2) is 0 Å². The Morgan fingerprint density at radius 1 is 1.20 bits per heavy atom. The van der Waals surface area contributed by atoms with E-state index in [4.69, 9.17) is 9.72 Å². The Morgan fingerprint density at radius 3 is 2.73 bits per heavy atom. The molecule has 2 heterocycles. The molecule has 1 saturated heterocycles. The van der Waals surface area contributed by atoms with Crippen LogP contribution in [0.15, 0.2) is 42.5 Å². The van der Waals surface area contributed by atoms with Crippen molar-refractivity contribution < 1.29 is 9.53 Å². The Balaban J connectivity index is 1.76. The van der Waals surface area contributed by atoms with Crippen molar-refractivity contribution >= 4 is 28.2 Å². The second-order valence-corrected chi connectivity index (χ2v) is 9.49. The third kappa shape index (κ3) is 4.06. The van der Waals surface area contributed by atoms with Gasteiger partial charge in [0.1, 0.15) is 15.5 Å². The molecule has 0 radical (unpaired) electrons. The molecule has 1 atom stereocenters. The van der Waals surface area contributed by atoms with Crippen molar-refractivity contribution in [2.45, 2.75) is 52.2 Å². The maximum atomic E-state index is 12.8. The largest absolute Gasteiger partial charge is 0.444 e. The van der Waals surface area contributed by atoms with Crippen LogP contribution in [-0.2, 0) is 4.74 Å². The molecule has 0 N–H and O–H groups in total. The molecule has 0 spiro atoms. The van der Waals surface area contributed by atoms with Crippen LogP contribution >= 0.6 is 11.3 Å². The van der Waals surface area contributed by atoms with Gasteiger partial charge in [-0.25, -0.2) is 9.78 Å². The van der Waals surface area contributed by atoms with Gasteiger partial charge >= 0.3 is 6.09 Å². The zero-order valence-corrected chi connectivity index (χ0v) is 18.7. The minimum absolute atomic E-state index is 0.0639. The molecule has 0 aliphatic carbocycles. The third-order valence-corrected chi connectivity index (χ3v) is 6.16. The molecule has 154 valence electrons. The number of carbonyl (C=O) groups excluding carboxylic acids is 1. The van der Waals surface area contributed by atoms with Crippen LogP contribution in [0.3, 0.4) is 0 Å². The molecule has 1 unspecified atom stereocenters. The van der Waals surface area contributed by atoms with E-state index in [-0.39, 0.29) is 12.1 Å². The Hall–Kier alpha value is -2.84. The average molecular weight is 419 g/mol. The van der Waals surface area contributed by atoms with Gasteiger partial charge < -0.3 is 4.74 Å². The Labute approximate surface area is 181 Å². The molecule has 4 rings (SSSR count). The Kier molecular flexibility index (Phi) is 5.53. The SMILES string of the molecule is CC#Cc1sc(C2CCCN2C(=O)OC(C)(C)C)nc1-c1cccc2ccccc12. The zero-order valence-electron chi connectivity index (χ0n) is 17.9. The average Bonchev–Trinajstić information content (AvgIpc) is 3.33. The highest BCUT2D eigenvalue weighted by molar-refractivity contribution is 7.12. The molecule has 1 aromatic heterocycles. The third-order valence-electron chi connectivity index (χ3n) is 5.09. The molecule has 30 heavy (non-hydrogen) atoms. The van der Waals surface area contributed by atoms with Gasteiger partial charge in [-0.05, 0) is 51.3 Å². The predicted octanol–water partition coefficient (Wildman–Crippen LogP) is 6.41. The number of thiazole rings is 1. The van der Waals surface area contributed by atoms with Gasteiger partial charge in [-0.15, -0.1) is 17.3 Å². The van der Waals surface area contributed by atoms with Crippen molar-refractivity contribution in [1.82, 2.24) is 9.88 Å². The lowest BCUT2D eigenvalue weighted by molar-refractivity contribution is 0.0224. The lowest BCUT2D eigenvalue weighted by atomic mass is 10.0. The Morgan fingerprint density at radius 2 is 1.97 bits per heavy atom. The second-order valence-electron chi connectivity index (χ2n) is 8.46.